The van der Waals surface area contributed by atoms with E-state index in [2.05, 4.69) is 41.1 Å². The number of nitrogens with one attached hydrogen (secondary N) is 1. The minimum atomic E-state index is -0.934. The number of piperidine rings is 1. The Labute approximate surface area is 170 Å². The molecule has 0 unspecified atom stereocenters. The number of hydrogen-bond donors (Lipinski definition) is 1. The summed E-state index contributed by atoms with van der Waals surface area (Å²) < 4.78 is 17.5. The normalized spacial score (nSPS) is 19.1. The molecule has 2 atom stereocenters. The highest BCUT2D eigenvalue weighted by Crippen LogP contribution is 2.37. The van der Waals surface area contributed by atoms with Crippen LogP contribution in [-0.4, -0.2) is 34.3 Å². The van der Waals surface area contributed by atoms with E-state index in [0.29, 0.717) is 6.04 Å². The smallest absolute Gasteiger partial charge is 0.152 e. The van der Waals surface area contributed by atoms with Gasteiger partial charge in [-0.25, -0.2) is 0 Å². The van der Waals surface area contributed by atoms with Crippen LogP contribution in [0.3, 0.4) is 0 Å². The van der Waals surface area contributed by atoms with E-state index < -0.39 is 11.2 Å². The Balaban J connectivity index is 1.67. The highest BCUT2D eigenvalue weighted by Gasteiger charge is 2.26. The van der Waals surface area contributed by atoms with E-state index >= 15 is 0 Å². The van der Waals surface area contributed by atoms with Gasteiger partial charge in [-0.3, -0.25) is 4.90 Å². The Morgan fingerprint density at radius 2 is 2.00 bits per heavy atom. The lowest BCUT2D eigenvalue weighted by atomic mass is 9.94. The van der Waals surface area contributed by atoms with Gasteiger partial charge < -0.3 is 14.3 Å². The van der Waals surface area contributed by atoms with Crippen molar-refractivity contribution in [1.82, 2.24) is 9.88 Å². The van der Waals surface area contributed by atoms with Crippen LogP contribution in [0.1, 0.15) is 42.0 Å². The number of fused-ring (bicyclic) bond motifs is 1. The molecule has 0 amide bonds. The lowest BCUT2D eigenvalue weighted by Crippen LogP contribution is -2.33. The first-order valence-electron chi connectivity index (χ1n) is 9.89. The number of ether oxygens (including phenoxy) is 1. The Hall–Kier alpha value is -1.95. The monoisotopic (exact) mass is 396 g/mol. The number of nitrogens with zero attached hydrogens (tertiary/aromatic N) is 1. The van der Waals surface area contributed by atoms with Crippen molar-refractivity contribution >= 4 is 22.1 Å². The molecule has 2 aromatic carbocycles. The van der Waals surface area contributed by atoms with Gasteiger partial charge in [0, 0.05) is 35.2 Å². The molecule has 0 bridgehead atoms. The molecule has 1 N–H and O–H groups in total. The van der Waals surface area contributed by atoms with Crippen molar-refractivity contribution in [2.45, 2.75) is 43.7 Å². The maximum absolute atomic E-state index is 11.7. The SMILES string of the molecule is COc1cc(C)c2[nH]ccc2c1CN1CCCC[C@H]1c1ccc([S@@+](C)[O-])cc1. The molecule has 5 heteroatoms. The third-order valence-electron chi connectivity index (χ3n) is 5.90. The lowest BCUT2D eigenvalue weighted by Gasteiger charge is -2.36. The second-order valence-electron chi connectivity index (χ2n) is 7.65. The van der Waals surface area contributed by atoms with E-state index in [-0.39, 0.29) is 0 Å². The van der Waals surface area contributed by atoms with Gasteiger partial charge >= 0.3 is 0 Å². The van der Waals surface area contributed by atoms with Gasteiger partial charge in [-0.2, -0.15) is 0 Å². The van der Waals surface area contributed by atoms with E-state index in [0.717, 1.165) is 30.2 Å². The molecule has 4 rings (SSSR count). The highest BCUT2D eigenvalue weighted by molar-refractivity contribution is 7.90. The molecule has 0 aliphatic carbocycles. The minimum Gasteiger partial charge on any atom is -0.612 e. The van der Waals surface area contributed by atoms with E-state index in [4.69, 9.17) is 4.74 Å². The standard InChI is InChI=1S/C23H28N2O2S/c1-16-14-22(27-2)20(19-11-12-24-23(16)19)15-25-13-5-4-6-21(25)17-7-9-18(10-8-17)28(3)26/h7-12,14,21,24H,4-6,13,15H2,1-3H3/t21-,28+/m0/s1. The fraction of sp³-hybridized carbons (Fsp3) is 0.391. The van der Waals surface area contributed by atoms with Gasteiger partial charge in [0.15, 0.2) is 4.90 Å². The van der Waals surface area contributed by atoms with Crippen molar-refractivity contribution in [2.75, 3.05) is 19.9 Å². The summed E-state index contributed by atoms with van der Waals surface area (Å²) >= 11 is -0.934. The van der Waals surface area contributed by atoms with Crippen molar-refractivity contribution in [3.05, 3.63) is 59.3 Å². The molecule has 3 aromatic rings. The Kier molecular flexibility index (Phi) is 5.67. The number of aromatic amines is 1. The van der Waals surface area contributed by atoms with Crippen LogP contribution in [0.2, 0.25) is 0 Å². The first-order chi connectivity index (χ1) is 13.6. The molecule has 1 saturated heterocycles. The molecule has 2 heterocycles. The predicted molar refractivity (Wildman–Crippen MR) is 115 cm³/mol. The lowest BCUT2D eigenvalue weighted by molar-refractivity contribution is 0.139. The number of methoxy groups -OCH3 is 1. The molecular weight excluding hydrogens is 368 g/mol. The molecule has 1 aliphatic heterocycles. The van der Waals surface area contributed by atoms with Crippen LogP contribution in [0.15, 0.2) is 47.5 Å². The molecule has 1 fully saturated rings. The Bertz CT molecular complexity index is 949. The molecular formula is C23H28N2O2S. The summed E-state index contributed by atoms with van der Waals surface area (Å²) in [6, 6.07) is 13.0. The summed E-state index contributed by atoms with van der Waals surface area (Å²) in [5.74, 6) is 0.964. The number of benzene rings is 2. The number of rotatable bonds is 5. The van der Waals surface area contributed by atoms with Gasteiger partial charge in [-0.1, -0.05) is 18.6 Å². The van der Waals surface area contributed by atoms with Crippen LogP contribution >= 0.6 is 0 Å². The molecule has 0 radical (unpaired) electrons. The second kappa shape index (κ2) is 8.19. The van der Waals surface area contributed by atoms with E-state index in [1.54, 1.807) is 13.4 Å². The maximum Gasteiger partial charge on any atom is 0.152 e. The average Bonchev–Trinajstić information content (AvgIpc) is 3.21. The van der Waals surface area contributed by atoms with E-state index in [1.807, 2.05) is 18.3 Å². The van der Waals surface area contributed by atoms with Crippen molar-refractivity contribution in [2.24, 2.45) is 0 Å². The molecule has 1 aromatic heterocycles. The summed E-state index contributed by atoms with van der Waals surface area (Å²) in [5, 5.41) is 1.25. The first-order valence-corrected chi connectivity index (χ1v) is 11.5. The summed E-state index contributed by atoms with van der Waals surface area (Å²) in [6.07, 6.45) is 7.36. The zero-order chi connectivity index (χ0) is 19.7. The highest BCUT2D eigenvalue weighted by atomic mass is 32.2. The second-order valence-corrected chi connectivity index (χ2v) is 9.03. The van der Waals surface area contributed by atoms with Crippen LogP contribution in [0.4, 0.5) is 0 Å². The van der Waals surface area contributed by atoms with Gasteiger partial charge in [0.25, 0.3) is 0 Å². The molecule has 0 saturated carbocycles. The van der Waals surface area contributed by atoms with Gasteiger partial charge in [0.2, 0.25) is 0 Å². The van der Waals surface area contributed by atoms with Gasteiger partial charge in [0.05, 0.1) is 7.11 Å². The minimum absolute atomic E-state index is 0.382. The Morgan fingerprint density at radius 1 is 1.21 bits per heavy atom. The summed E-state index contributed by atoms with van der Waals surface area (Å²) in [4.78, 5) is 6.83. The number of aryl methyl sites for hydroxylation is 1. The van der Waals surface area contributed by atoms with E-state index in [9.17, 15) is 4.55 Å². The van der Waals surface area contributed by atoms with Crippen molar-refractivity contribution in [3.8, 4) is 5.75 Å². The topological polar surface area (TPSA) is 51.3 Å². The summed E-state index contributed by atoms with van der Waals surface area (Å²) in [6.45, 7) is 4.06. The molecule has 4 nitrogen and oxygen atoms in total. The largest absolute Gasteiger partial charge is 0.612 e. The molecule has 0 spiro atoms. The van der Waals surface area contributed by atoms with Crippen LogP contribution in [0, 0.1) is 6.92 Å². The third kappa shape index (κ3) is 3.66. The molecule has 28 heavy (non-hydrogen) atoms. The summed E-state index contributed by atoms with van der Waals surface area (Å²) in [7, 11) is 1.76. The average molecular weight is 397 g/mol. The van der Waals surface area contributed by atoms with Crippen molar-refractivity contribution < 1.29 is 9.29 Å². The van der Waals surface area contributed by atoms with Gasteiger partial charge in [0.1, 0.15) is 12.0 Å². The predicted octanol–water partition coefficient (Wildman–Crippen LogP) is 4.95. The quantitative estimate of drug-likeness (QED) is 0.621. The van der Waals surface area contributed by atoms with Gasteiger partial charge in [-0.05, 0) is 72.9 Å². The first kappa shape index (κ1) is 19.4. The maximum atomic E-state index is 11.7. The van der Waals surface area contributed by atoms with Crippen molar-refractivity contribution in [1.29, 1.82) is 0 Å². The zero-order valence-corrected chi connectivity index (χ0v) is 17.6. The molecule has 148 valence electrons. The van der Waals surface area contributed by atoms with Crippen LogP contribution in [-0.2, 0) is 17.7 Å². The molecule has 1 aliphatic rings. The van der Waals surface area contributed by atoms with Crippen molar-refractivity contribution in [3.63, 3.8) is 0 Å². The number of hydrogen-bond acceptors (Lipinski definition) is 3. The van der Waals surface area contributed by atoms with E-state index in [1.165, 1.54) is 40.4 Å². The Morgan fingerprint density at radius 3 is 2.71 bits per heavy atom. The number of aromatic nitrogens is 1. The van der Waals surface area contributed by atoms with Crippen LogP contribution in [0.25, 0.3) is 10.9 Å². The van der Waals surface area contributed by atoms with Crippen LogP contribution < -0.4 is 4.74 Å². The number of likely N-dealkylation sites (tertiary alicyclic amines) is 1. The fourth-order valence-corrected chi connectivity index (χ4v) is 4.94. The zero-order valence-electron chi connectivity index (χ0n) is 16.8. The summed E-state index contributed by atoms with van der Waals surface area (Å²) in [5.41, 5.74) is 4.96. The number of H-pyrrole nitrogens is 1. The van der Waals surface area contributed by atoms with Crippen LogP contribution in [0.5, 0.6) is 5.75 Å². The fourth-order valence-electron chi connectivity index (χ4n) is 4.42. The van der Waals surface area contributed by atoms with Gasteiger partial charge in [-0.15, -0.1) is 0 Å². The third-order valence-corrected chi connectivity index (χ3v) is 6.84.